The van der Waals surface area contributed by atoms with Crippen molar-refractivity contribution in [2.45, 2.75) is 31.8 Å². The molecule has 1 fully saturated rings. The van der Waals surface area contributed by atoms with Gasteiger partial charge in [-0.15, -0.1) is 0 Å². The van der Waals surface area contributed by atoms with E-state index >= 15 is 0 Å². The Morgan fingerprint density at radius 1 is 1.30 bits per heavy atom. The molecule has 0 spiro atoms. The molecule has 0 bridgehead atoms. The van der Waals surface area contributed by atoms with Gasteiger partial charge in [-0.25, -0.2) is 0 Å². The Bertz CT molecular complexity index is 508. The summed E-state index contributed by atoms with van der Waals surface area (Å²) in [5, 5.41) is 2.77. The molecule has 1 amide bonds. The lowest BCUT2D eigenvalue weighted by Crippen LogP contribution is -2.25. The third kappa shape index (κ3) is 5.90. The van der Waals surface area contributed by atoms with Crippen molar-refractivity contribution in [2.24, 2.45) is 0 Å². The second kappa shape index (κ2) is 9.15. The number of rotatable bonds is 8. The summed E-state index contributed by atoms with van der Waals surface area (Å²) in [5.41, 5.74) is 0.563. The third-order valence-electron chi connectivity index (χ3n) is 3.65. The van der Waals surface area contributed by atoms with Crippen LogP contribution in [-0.2, 0) is 14.3 Å². The molecule has 1 aliphatic heterocycles. The zero-order valence-corrected chi connectivity index (χ0v) is 13.4. The lowest BCUT2D eigenvalue weighted by molar-refractivity contribution is -0.140. The number of hydrogen-bond donors (Lipinski definition) is 1. The fourth-order valence-electron chi connectivity index (χ4n) is 2.31. The van der Waals surface area contributed by atoms with E-state index in [-0.39, 0.29) is 18.0 Å². The second-order valence-electron chi connectivity index (χ2n) is 5.41. The van der Waals surface area contributed by atoms with Crippen LogP contribution in [0.2, 0.25) is 0 Å². The second-order valence-corrected chi connectivity index (χ2v) is 5.41. The Balaban J connectivity index is 1.70. The summed E-state index contributed by atoms with van der Waals surface area (Å²) in [7, 11) is 1.35. The Labute approximate surface area is 136 Å². The number of nitrogens with one attached hydrogen (secondary N) is 1. The van der Waals surface area contributed by atoms with E-state index in [2.05, 4.69) is 10.1 Å². The molecule has 1 saturated heterocycles. The third-order valence-corrected chi connectivity index (χ3v) is 3.65. The molecule has 23 heavy (non-hydrogen) atoms. The smallest absolute Gasteiger partial charge is 0.305 e. The van der Waals surface area contributed by atoms with Crippen LogP contribution in [0.15, 0.2) is 24.3 Å². The van der Waals surface area contributed by atoms with Crippen LogP contribution in [0.1, 0.15) is 36.0 Å². The van der Waals surface area contributed by atoms with Gasteiger partial charge in [0.1, 0.15) is 12.4 Å². The maximum absolute atomic E-state index is 11.9. The molecule has 1 aliphatic rings. The standard InChI is InChI=1S/C17H23NO5/c1-21-16(19)5-2-10-18-17(20)13-6-8-14(9-7-13)23-12-15-4-3-11-22-15/h6-9,15H,2-5,10-12H2,1H3,(H,18,20)/t15-/m1/s1. The van der Waals surface area contributed by atoms with Crippen molar-refractivity contribution in [3.8, 4) is 5.75 Å². The predicted octanol–water partition coefficient (Wildman–Crippen LogP) is 1.93. The number of methoxy groups -OCH3 is 1. The molecule has 0 aliphatic carbocycles. The first-order chi connectivity index (χ1) is 11.2. The van der Waals surface area contributed by atoms with Crippen LogP contribution < -0.4 is 10.1 Å². The first kappa shape index (κ1) is 17.3. The highest BCUT2D eigenvalue weighted by Crippen LogP contribution is 2.16. The van der Waals surface area contributed by atoms with Crippen molar-refractivity contribution in [3.05, 3.63) is 29.8 Å². The maximum Gasteiger partial charge on any atom is 0.305 e. The van der Waals surface area contributed by atoms with Gasteiger partial charge in [-0.1, -0.05) is 0 Å². The van der Waals surface area contributed by atoms with Gasteiger partial charge < -0.3 is 19.5 Å². The molecule has 1 heterocycles. The maximum atomic E-state index is 11.9. The first-order valence-electron chi connectivity index (χ1n) is 7.88. The molecule has 1 aromatic carbocycles. The van der Waals surface area contributed by atoms with E-state index in [9.17, 15) is 9.59 Å². The van der Waals surface area contributed by atoms with Gasteiger partial charge in [0.15, 0.2) is 0 Å². The summed E-state index contributed by atoms with van der Waals surface area (Å²) in [6.45, 7) is 1.79. The highest BCUT2D eigenvalue weighted by atomic mass is 16.5. The molecule has 0 aromatic heterocycles. The van der Waals surface area contributed by atoms with Crippen LogP contribution in [0.3, 0.4) is 0 Å². The Morgan fingerprint density at radius 3 is 2.74 bits per heavy atom. The highest BCUT2D eigenvalue weighted by Gasteiger charge is 2.16. The zero-order chi connectivity index (χ0) is 16.5. The van der Waals surface area contributed by atoms with Crippen molar-refractivity contribution in [3.63, 3.8) is 0 Å². The largest absolute Gasteiger partial charge is 0.491 e. The molecule has 1 aromatic rings. The van der Waals surface area contributed by atoms with Crippen LogP contribution >= 0.6 is 0 Å². The van der Waals surface area contributed by atoms with E-state index < -0.39 is 0 Å². The topological polar surface area (TPSA) is 73.9 Å². The van der Waals surface area contributed by atoms with Crippen molar-refractivity contribution in [2.75, 3.05) is 26.9 Å². The average Bonchev–Trinajstić information content (AvgIpc) is 3.10. The van der Waals surface area contributed by atoms with Crippen LogP contribution in [-0.4, -0.2) is 44.8 Å². The molecule has 0 saturated carbocycles. The minimum absolute atomic E-state index is 0.166. The quantitative estimate of drug-likeness (QED) is 0.585. The summed E-state index contributed by atoms with van der Waals surface area (Å²) < 4.78 is 15.7. The number of amides is 1. The predicted molar refractivity (Wildman–Crippen MR) is 84.5 cm³/mol. The van der Waals surface area contributed by atoms with Crippen LogP contribution in [0.4, 0.5) is 0 Å². The molecule has 1 atom stereocenters. The van der Waals surface area contributed by atoms with Gasteiger partial charge in [-0.05, 0) is 43.5 Å². The summed E-state index contributed by atoms with van der Waals surface area (Å²) >= 11 is 0. The van der Waals surface area contributed by atoms with Gasteiger partial charge in [0.05, 0.1) is 13.2 Å². The van der Waals surface area contributed by atoms with Gasteiger partial charge in [-0.2, -0.15) is 0 Å². The van der Waals surface area contributed by atoms with Crippen molar-refractivity contribution >= 4 is 11.9 Å². The van der Waals surface area contributed by atoms with Crippen LogP contribution in [0.5, 0.6) is 5.75 Å². The molecule has 0 unspecified atom stereocenters. The van der Waals surface area contributed by atoms with E-state index in [0.717, 1.165) is 25.2 Å². The minimum Gasteiger partial charge on any atom is -0.491 e. The normalized spacial score (nSPS) is 16.8. The molecule has 0 radical (unpaired) electrons. The fourth-order valence-corrected chi connectivity index (χ4v) is 2.31. The van der Waals surface area contributed by atoms with Gasteiger partial charge in [0.25, 0.3) is 5.91 Å². The molecular formula is C17H23NO5. The number of carbonyl (C=O) groups is 2. The molecular weight excluding hydrogens is 298 g/mol. The minimum atomic E-state index is -0.271. The van der Waals surface area contributed by atoms with Crippen molar-refractivity contribution in [1.82, 2.24) is 5.32 Å². The average molecular weight is 321 g/mol. The zero-order valence-electron chi connectivity index (χ0n) is 13.4. The van der Waals surface area contributed by atoms with E-state index in [4.69, 9.17) is 9.47 Å². The number of carbonyl (C=O) groups excluding carboxylic acids is 2. The Hall–Kier alpha value is -2.08. The summed E-state index contributed by atoms with van der Waals surface area (Å²) in [5.74, 6) is 0.287. The van der Waals surface area contributed by atoms with Gasteiger partial charge in [0, 0.05) is 25.1 Å². The number of ether oxygens (including phenoxy) is 3. The number of esters is 1. The summed E-state index contributed by atoms with van der Waals surface area (Å²) in [6.07, 6.45) is 3.15. The lowest BCUT2D eigenvalue weighted by Gasteiger charge is -2.11. The van der Waals surface area contributed by atoms with E-state index in [1.54, 1.807) is 24.3 Å². The Kier molecular flexibility index (Phi) is 6.87. The van der Waals surface area contributed by atoms with Crippen molar-refractivity contribution < 1.29 is 23.8 Å². The van der Waals surface area contributed by atoms with E-state index in [1.165, 1.54) is 7.11 Å². The summed E-state index contributed by atoms with van der Waals surface area (Å²) in [4.78, 5) is 22.9. The lowest BCUT2D eigenvalue weighted by atomic mass is 10.2. The highest BCUT2D eigenvalue weighted by molar-refractivity contribution is 5.94. The number of benzene rings is 1. The fraction of sp³-hybridized carbons (Fsp3) is 0.529. The van der Waals surface area contributed by atoms with Crippen molar-refractivity contribution in [1.29, 1.82) is 0 Å². The molecule has 1 N–H and O–H groups in total. The Morgan fingerprint density at radius 2 is 2.09 bits per heavy atom. The molecule has 6 nitrogen and oxygen atoms in total. The molecule has 6 heteroatoms. The van der Waals surface area contributed by atoms with Gasteiger partial charge in [-0.3, -0.25) is 9.59 Å². The van der Waals surface area contributed by atoms with Crippen LogP contribution in [0, 0.1) is 0 Å². The van der Waals surface area contributed by atoms with Crippen LogP contribution in [0.25, 0.3) is 0 Å². The summed E-state index contributed by atoms with van der Waals surface area (Å²) in [6, 6.07) is 7.00. The van der Waals surface area contributed by atoms with E-state index in [1.807, 2.05) is 0 Å². The molecule has 126 valence electrons. The molecule has 2 rings (SSSR count). The van der Waals surface area contributed by atoms with E-state index in [0.29, 0.717) is 31.6 Å². The van der Waals surface area contributed by atoms with Gasteiger partial charge >= 0.3 is 5.97 Å². The SMILES string of the molecule is COC(=O)CCCNC(=O)c1ccc(OC[C@H]2CCCO2)cc1. The first-order valence-corrected chi connectivity index (χ1v) is 7.88. The van der Waals surface area contributed by atoms with Gasteiger partial charge in [0.2, 0.25) is 0 Å². The monoisotopic (exact) mass is 321 g/mol. The number of hydrogen-bond acceptors (Lipinski definition) is 5.